The van der Waals surface area contributed by atoms with Crippen LogP contribution in [0.1, 0.15) is 16.7 Å². The molecule has 0 spiro atoms. The number of nitrogens with one attached hydrogen (secondary N) is 1. The molecule has 0 unspecified atom stereocenters. The standard InChI is InChI=1S/C22H18BrClFNO2/c1-14-10-18(8-9-21(14)25)28-13-16-6-7-17(12-19(16)23)26-22(27)11-15-4-2-3-5-20(15)24/h2-10,12H,11,13H2,1H3,(H,26,27). The van der Waals surface area contributed by atoms with Crippen LogP contribution in [0, 0.1) is 12.7 Å². The number of benzene rings is 3. The minimum Gasteiger partial charge on any atom is -0.489 e. The van der Waals surface area contributed by atoms with Gasteiger partial charge in [-0.3, -0.25) is 4.79 Å². The Morgan fingerprint density at radius 2 is 1.89 bits per heavy atom. The summed E-state index contributed by atoms with van der Waals surface area (Å²) in [4.78, 5) is 12.3. The highest BCUT2D eigenvalue weighted by Gasteiger charge is 2.09. The van der Waals surface area contributed by atoms with E-state index < -0.39 is 0 Å². The van der Waals surface area contributed by atoms with Gasteiger partial charge in [0.25, 0.3) is 0 Å². The molecule has 0 aromatic heterocycles. The number of halogens is 3. The first kappa shape index (κ1) is 20.4. The summed E-state index contributed by atoms with van der Waals surface area (Å²) in [5, 5.41) is 3.43. The van der Waals surface area contributed by atoms with E-state index in [1.807, 2.05) is 36.4 Å². The van der Waals surface area contributed by atoms with Gasteiger partial charge in [0.1, 0.15) is 18.2 Å². The number of hydrogen-bond donors (Lipinski definition) is 1. The van der Waals surface area contributed by atoms with Gasteiger partial charge in [0, 0.05) is 20.7 Å². The second-order valence-electron chi connectivity index (χ2n) is 6.32. The van der Waals surface area contributed by atoms with Crippen molar-refractivity contribution in [2.75, 3.05) is 5.32 Å². The molecule has 1 N–H and O–H groups in total. The average molecular weight is 463 g/mol. The van der Waals surface area contributed by atoms with Crippen LogP contribution in [0.3, 0.4) is 0 Å². The van der Waals surface area contributed by atoms with Crippen LogP contribution < -0.4 is 10.1 Å². The Kier molecular flexibility index (Phi) is 6.70. The summed E-state index contributed by atoms with van der Waals surface area (Å²) < 4.78 is 19.9. The first-order chi connectivity index (χ1) is 13.4. The molecule has 0 bridgehead atoms. The zero-order valence-corrected chi connectivity index (χ0v) is 17.5. The predicted molar refractivity (Wildman–Crippen MR) is 113 cm³/mol. The van der Waals surface area contributed by atoms with Gasteiger partial charge in [-0.25, -0.2) is 4.39 Å². The minimum atomic E-state index is -0.259. The monoisotopic (exact) mass is 461 g/mol. The number of amides is 1. The molecule has 0 atom stereocenters. The Labute approximate surface area is 176 Å². The van der Waals surface area contributed by atoms with Crippen molar-refractivity contribution in [3.05, 3.63) is 92.7 Å². The lowest BCUT2D eigenvalue weighted by Crippen LogP contribution is -2.14. The molecule has 0 saturated carbocycles. The van der Waals surface area contributed by atoms with E-state index in [1.165, 1.54) is 6.07 Å². The van der Waals surface area contributed by atoms with E-state index in [1.54, 1.807) is 25.1 Å². The SMILES string of the molecule is Cc1cc(OCc2ccc(NC(=O)Cc3ccccc3Cl)cc2Br)ccc1F. The van der Waals surface area contributed by atoms with E-state index in [2.05, 4.69) is 21.2 Å². The molecule has 0 aliphatic heterocycles. The Balaban J connectivity index is 1.61. The highest BCUT2D eigenvalue weighted by molar-refractivity contribution is 9.10. The lowest BCUT2D eigenvalue weighted by atomic mass is 10.1. The first-order valence-corrected chi connectivity index (χ1v) is 9.80. The molecule has 1 amide bonds. The van der Waals surface area contributed by atoms with Crippen LogP contribution in [0.15, 0.2) is 65.1 Å². The summed E-state index contributed by atoms with van der Waals surface area (Å²) in [6, 6.07) is 17.4. The van der Waals surface area contributed by atoms with E-state index in [-0.39, 0.29) is 18.1 Å². The van der Waals surface area contributed by atoms with Crippen LogP contribution in [0.2, 0.25) is 5.02 Å². The fourth-order valence-corrected chi connectivity index (χ4v) is 3.33. The van der Waals surface area contributed by atoms with Gasteiger partial charge in [0.2, 0.25) is 5.91 Å². The summed E-state index contributed by atoms with van der Waals surface area (Å²) in [5.74, 6) is 0.194. The van der Waals surface area contributed by atoms with Crippen molar-refractivity contribution >= 4 is 39.1 Å². The largest absolute Gasteiger partial charge is 0.489 e. The molecule has 28 heavy (non-hydrogen) atoms. The third-order valence-corrected chi connectivity index (χ3v) is 5.28. The van der Waals surface area contributed by atoms with Crippen molar-refractivity contribution < 1.29 is 13.9 Å². The van der Waals surface area contributed by atoms with Gasteiger partial charge in [0.15, 0.2) is 0 Å². The fourth-order valence-electron chi connectivity index (χ4n) is 2.63. The fraction of sp³-hybridized carbons (Fsp3) is 0.136. The quantitative estimate of drug-likeness (QED) is 0.466. The first-order valence-electron chi connectivity index (χ1n) is 8.63. The maximum Gasteiger partial charge on any atom is 0.228 e. The van der Waals surface area contributed by atoms with Gasteiger partial charge in [-0.05, 0) is 54.4 Å². The normalized spacial score (nSPS) is 10.6. The minimum absolute atomic E-state index is 0.147. The molecule has 0 aliphatic carbocycles. The average Bonchev–Trinajstić information content (AvgIpc) is 2.65. The molecule has 0 fully saturated rings. The number of carbonyl (C=O) groups is 1. The number of anilines is 1. The van der Waals surface area contributed by atoms with E-state index in [4.69, 9.17) is 16.3 Å². The van der Waals surface area contributed by atoms with Gasteiger partial charge in [-0.15, -0.1) is 0 Å². The predicted octanol–water partition coefficient (Wildman–Crippen LogP) is 6.31. The molecule has 0 saturated heterocycles. The third-order valence-electron chi connectivity index (χ3n) is 4.17. The Morgan fingerprint density at radius 1 is 1.11 bits per heavy atom. The molecule has 3 nitrogen and oxygen atoms in total. The zero-order chi connectivity index (χ0) is 20.1. The molecular weight excluding hydrogens is 445 g/mol. The molecule has 3 rings (SSSR count). The van der Waals surface area contributed by atoms with Gasteiger partial charge in [-0.1, -0.05) is 51.8 Å². The van der Waals surface area contributed by atoms with Crippen LogP contribution in [0.25, 0.3) is 0 Å². The number of rotatable bonds is 6. The maximum absolute atomic E-state index is 13.3. The lowest BCUT2D eigenvalue weighted by molar-refractivity contribution is -0.115. The van der Waals surface area contributed by atoms with E-state index >= 15 is 0 Å². The molecule has 0 radical (unpaired) electrons. The number of carbonyl (C=O) groups excluding carboxylic acids is 1. The highest BCUT2D eigenvalue weighted by Crippen LogP contribution is 2.24. The molecule has 3 aromatic rings. The summed E-state index contributed by atoms with van der Waals surface area (Å²) in [6.45, 7) is 2.01. The number of hydrogen-bond acceptors (Lipinski definition) is 2. The summed E-state index contributed by atoms with van der Waals surface area (Å²) in [6.07, 6.45) is 0.200. The summed E-state index contributed by atoms with van der Waals surface area (Å²) in [5.41, 5.74) is 2.89. The van der Waals surface area contributed by atoms with Crippen LogP contribution in [0.5, 0.6) is 5.75 Å². The second-order valence-corrected chi connectivity index (χ2v) is 7.58. The van der Waals surface area contributed by atoms with E-state index in [0.717, 1.165) is 15.6 Å². The van der Waals surface area contributed by atoms with Crippen molar-refractivity contribution in [3.8, 4) is 5.75 Å². The van der Waals surface area contributed by atoms with Crippen molar-refractivity contribution in [1.82, 2.24) is 0 Å². The molecule has 3 aromatic carbocycles. The van der Waals surface area contributed by atoms with Crippen LogP contribution in [-0.4, -0.2) is 5.91 Å². The smallest absolute Gasteiger partial charge is 0.228 e. The molecule has 144 valence electrons. The van der Waals surface area contributed by atoms with Gasteiger partial charge < -0.3 is 10.1 Å². The Morgan fingerprint density at radius 3 is 2.61 bits per heavy atom. The van der Waals surface area contributed by atoms with Crippen molar-refractivity contribution in [2.45, 2.75) is 20.0 Å². The second kappa shape index (κ2) is 9.22. The summed E-state index contributed by atoms with van der Waals surface area (Å²) >= 11 is 9.60. The number of ether oxygens (including phenoxy) is 1. The highest BCUT2D eigenvalue weighted by atomic mass is 79.9. The van der Waals surface area contributed by atoms with Crippen molar-refractivity contribution in [1.29, 1.82) is 0 Å². The number of aryl methyl sites for hydroxylation is 1. The van der Waals surface area contributed by atoms with Crippen LogP contribution >= 0.6 is 27.5 Å². The topological polar surface area (TPSA) is 38.3 Å². The van der Waals surface area contributed by atoms with Gasteiger partial charge in [-0.2, -0.15) is 0 Å². The molecule has 0 aliphatic rings. The van der Waals surface area contributed by atoms with Gasteiger partial charge >= 0.3 is 0 Å². The van der Waals surface area contributed by atoms with Crippen LogP contribution in [0.4, 0.5) is 10.1 Å². The van der Waals surface area contributed by atoms with Gasteiger partial charge in [0.05, 0.1) is 6.42 Å². The van der Waals surface area contributed by atoms with Crippen molar-refractivity contribution in [3.63, 3.8) is 0 Å². The van der Waals surface area contributed by atoms with Crippen molar-refractivity contribution in [2.24, 2.45) is 0 Å². The maximum atomic E-state index is 13.3. The lowest BCUT2D eigenvalue weighted by Gasteiger charge is -2.11. The van der Waals surface area contributed by atoms with E-state index in [0.29, 0.717) is 28.6 Å². The Bertz CT molecular complexity index is 1010. The van der Waals surface area contributed by atoms with E-state index in [9.17, 15) is 9.18 Å². The zero-order valence-electron chi connectivity index (χ0n) is 15.1. The molecule has 0 heterocycles. The molecular formula is C22H18BrClFNO2. The molecule has 6 heteroatoms. The summed E-state index contributed by atoms with van der Waals surface area (Å²) in [7, 11) is 0. The Hall–Kier alpha value is -2.37. The third kappa shape index (κ3) is 5.33. The van der Waals surface area contributed by atoms with Crippen LogP contribution in [-0.2, 0) is 17.8 Å².